The molecule has 1 amide bonds. The van der Waals surface area contributed by atoms with Gasteiger partial charge in [-0.2, -0.15) is 17.5 Å². The predicted octanol–water partition coefficient (Wildman–Crippen LogP) is 5.44. The van der Waals surface area contributed by atoms with Gasteiger partial charge in [-0.3, -0.25) is 4.79 Å². The van der Waals surface area contributed by atoms with Crippen LogP contribution in [0.5, 0.6) is 5.75 Å². The third-order valence-corrected chi connectivity index (χ3v) is 10.9. The molecule has 2 aromatic carbocycles. The minimum atomic E-state index is -4.65. The van der Waals surface area contributed by atoms with Crippen LogP contribution in [0.25, 0.3) is 0 Å². The van der Waals surface area contributed by atoms with Crippen LogP contribution in [0.15, 0.2) is 35.2 Å². The van der Waals surface area contributed by atoms with Gasteiger partial charge in [0.2, 0.25) is 15.9 Å². The number of aliphatic hydroxyl groups is 1. The number of piperidine rings is 2. The number of carbonyl (C=O) groups excluding carboxylic acids is 1. The minimum Gasteiger partial charge on any atom is -0.497 e. The van der Waals surface area contributed by atoms with Gasteiger partial charge in [0.1, 0.15) is 5.75 Å². The largest absolute Gasteiger partial charge is 0.497 e. The molecule has 2 aliphatic rings. The number of hydrogen-bond donors (Lipinski definition) is 1. The van der Waals surface area contributed by atoms with Crippen molar-refractivity contribution < 1.29 is 41.0 Å². The minimum absolute atomic E-state index is 0.0633. The normalized spacial score (nSPS) is 19.8. The van der Waals surface area contributed by atoms with Crippen molar-refractivity contribution in [2.24, 2.45) is 0 Å². The summed E-state index contributed by atoms with van der Waals surface area (Å²) in [5.41, 5.74) is -1.18. The van der Waals surface area contributed by atoms with Gasteiger partial charge in [0.25, 0.3) is 0 Å². The zero-order valence-corrected chi connectivity index (χ0v) is 26.1. The number of benzene rings is 2. The van der Waals surface area contributed by atoms with Crippen molar-refractivity contribution in [3.8, 4) is 5.75 Å². The second-order valence-electron chi connectivity index (χ2n) is 11.3. The molecule has 2 fully saturated rings. The highest BCUT2D eigenvalue weighted by Crippen LogP contribution is 2.40. The molecule has 0 bridgehead atoms. The Morgan fingerprint density at radius 2 is 1.74 bits per heavy atom. The Morgan fingerprint density at radius 1 is 1.09 bits per heavy atom. The fraction of sp³-hybridized carbons (Fsp3) is 0.567. The lowest BCUT2D eigenvalue weighted by Crippen LogP contribution is -2.47. The van der Waals surface area contributed by atoms with Crippen molar-refractivity contribution in [2.45, 2.75) is 75.1 Å². The van der Waals surface area contributed by atoms with Crippen LogP contribution >= 0.6 is 11.6 Å². The van der Waals surface area contributed by atoms with E-state index in [2.05, 4.69) is 0 Å². The van der Waals surface area contributed by atoms with Crippen LogP contribution < -0.4 is 4.74 Å². The van der Waals surface area contributed by atoms with E-state index in [-0.39, 0.29) is 68.0 Å². The molecule has 8 nitrogen and oxygen atoms in total. The van der Waals surface area contributed by atoms with Gasteiger partial charge in [0.15, 0.2) is 0 Å². The predicted molar refractivity (Wildman–Crippen MR) is 156 cm³/mol. The van der Waals surface area contributed by atoms with Crippen LogP contribution in [0.4, 0.5) is 13.2 Å². The van der Waals surface area contributed by atoms with Crippen molar-refractivity contribution in [2.75, 3.05) is 40.0 Å². The standard InChI is InChI=1S/C30H38ClF3N2O6S/c1-20-16-24(41-3)17-21(2)28(20)43(39,40)36-12-5-4-6-23(36)19-42-15-9-27(37)35-13-10-29(38,11-14-35)22-7-8-26(31)25(18-22)30(32,33)34/h7-8,16-18,23,38H,4-6,9-15,19H2,1-3H3. The second-order valence-corrected chi connectivity index (χ2v) is 13.5. The first kappa shape index (κ1) is 33.5. The van der Waals surface area contributed by atoms with E-state index in [1.54, 1.807) is 30.9 Å². The van der Waals surface area contributed by atoms with E-state index >= 15 is 0 Å². The number of halogens is 4. The van der Waals surface area contributed by atoms with Crippen LogP contribution in [0.2, 0.25) is 5.02 Å². The third-order valence-electron chi connectivity index (χ3n) is 8.33. The summed E-state index contributed by atoms with van der Waals surface area (Å²) in [7, 11) is -2.25. The summed E-state index contributed by atoms with van der Waals surface area (Å²) >= 11 is 5.72. The first-order valence-electron chi connectivity index (χ1n) is 14.3. The lowest BCUT2D eigenvalue weighted by Gasteiger charge is -2.39. The topological polar surface area (TPSA) is 96.4 Å². The number of rotatable bonds is 9. The van der Waals surface area contributed by atoms with E-state index in [9.17, 15) is 31.5 Å². The number of nitrogens with zero attached hydrogens (tertiary/aromatic N) is 2. The van der Waals surface area contributed by atoms with Crippen molar-refractivity contribution in [3.05, 3.63) is 57.6 Å². The summed E-state index contributed by atoms with van der Waals surface area (Å²) in [6.45, 7) is 4.48. The molecule has 2 heterocycles. The van der Waals surface area contributed by atoms with Gasteiger partial charge in [-0.15, -0.1) is 0 Å². The summed E-state index contributed by atoms with van der Waals surface area (Å²) in [5.74, 6) is 0.392. The van der Waals surface area contributed by atoms with Gasteiger partial charge >= 0.3 is 6.18 Å². The van der Waals surface area contributed by atoms with E-state index < -0.39 is 32.4 Å². The molecular weight excluding hydrogens is 609 g/mol. The summed E-state index contributed by atoms with van der Waals surface area (Å²) in [6, 6.07) is 6.44. The number of methoxy groups -OCH3 is 1. The van der Waals surface area contributed by atoms with Crippen LogP contribution in [0.1, 0.15) is 60.8 Å². The highest BCUT2D eigenvalue weighted by atomic mass is 35.5. The molecule has 2 saturated heterocycles. The van der Waals surface area contributed by atoms with Crippen LogP contribution in [0, 0.1) is 13.8 Å². The smallest absolute Gasteiger partial charge is 0.417 e. The van der Waals surface area contributed by atoms with Gasteiger partial charge in [0.05, 0.1) is 47.8 Å². The molecule has 1 N–H and O–H groups in total. The summed E-state index contributed by atoms with van der Waals surface area (Å²) < 4.78 is 79.9. The first-order chi connectivity index (χ1) is 20.2. The van der Waals surface area contributed by atoms with Gasteiger partial charge in [-0.25, -0.2) is 8.42 Å². The van der Waals surface area contributed by atoms with Crippen LogP contribution in [-0.4, -0.2) is 74.6 Å². The van der Waals surface area contributed by atoms with Gasteiger partial charge in [-0.1, -0.05) is 24.1 Å². The van der Waals surface area contributed by atoms with Gasteiger partial charge < -0.3 is 19.5 Å². The molecule has 43 heavy (non-hydrogen) atoms. The molecule has 2 aromatic rings. The quantitative estimate of drug-likeness (QED) is 0.365. The number of sulfonamides is 1. The number of alkyl halides is 3. The van der Waals surface area contributed by atoms with Crippen molar-refractivity contribution in [3.63, 3.8) is 0 Å². The van der Waals surface area contributed by atoms with Crippen LogP contribution in [0.3, 0.4) is 0 Å². The molecule has 0 aliphatic carbocycles. The molecule has 2 aliphatic heterocycles. The van der Waals surface area contributed by atoms with E-state index in [4.69, 9.17) is 21.1 Å². The maximum atomic E-state index is 13.7. The number of aryl methyl sites for hydroxylation is 2. The van der Waals surface area contributed by atoms with Crippen molar-refractivity contribution in [1.29, 1.82) is 0 Å². The lowest BCUT2D eigenvalue weighted by atomic mass is 9.83. The number of carbonyl (C=O) groups is 1. The van der Waals surface area contributed by atoms with Gasteiger partial charge in [-0.05, 0) is 80.5 Å². The Morgan fingerprint density at radius 3 is 2.35 bits per heavy atom. The third kappa shape index (κ3) is 7.47. The number of amides is 1. The van der Waals surface area contributed by atoms with Crippen LogP contribution in [-0.2, 0) is 31.3 Å². The molecule has 1 unspecified atom stereocenters. The van der Waals surface area contributed by atoms with E-state index in [1.807, 2.05) is 0 Å². The van der Waals surface area contributed by atoms with Crippen molar-refractivity contribution in [1.82, 2.24) is 9.21 Å². The average Bonchev–Trinajstić information content (AvgIpc) is 2.94. The molecule has 0 aromatic heterocycles. The number of ether oxygens (including phenoxy) is 2. The molecule has 0 radical (unpaired) electrons. The lowest BCUT2D eigenvalue weighted by molar-refractivity contribution is -0.137. The molecule has 13 heteroatoms. The summed E-state index contributed by atoms with van der Waals surface area (Å²) in [6.07, 6.45) is -2.16. The fourth-order valence-electron chi connectivity index (χ4n) is 5.99. The Kier molecular flexibility index (Phi) is 10.4. The second kappa shape index (κ2) is 13.3. The highest BCUT2D eigenvalue weighted by Gasteiger charge is 2.39. The Balaban J connectivity index is 1.31. The maximum absolute atomic E-state index is 13.7. The van der Waals surface area contributed by atoms with E-state index in [1.165, 1.54) is 17.5 Å². The van der Waals surface area contributed by atoms with E-state index in [0.29, 0.717) is 29.8 Å². The summed E-state index contributed by atoms with van der Waals surface area (Å²) in [4.78, 5) is 14.7. The zero-order valence-electron chi connectivity index (χ0n) is 24.5. The first-order valence-corrected chi connectivity index (χ1v) is 16.1. The fourth-order valence-corrected chi connectivity index (χ4v) is 8.31. The Labute approximate surface area is 255 Å². The summed E-state index contributed by atoms with van der Waals surface area (Å²) in [5, 5.41) is 10.6. The Hall–Kier alpha value is -2.38. The Bertz CT molecular complexity index is 1400. The molecule has 4 rings (SSSR count). The molecule has 0 saturated carbocycles. The monoisotopic (exact) mass is 646 g/mol. The van der Waals surface area contributed by atoms with Crippen molar-refractivity contribution >= 4 is 27.5 Å². The molecular formula is C30H38ClF3N2O6S. The molecule has 0 spiro atoms. The maximum Gasteiger partial charge on any atom is 0.417 e. The molecule has 238 valence electrons. The van der Waals surface area contributed by atoms with E-state index in [0.717, 1.165) is 25.0 Å². The SMILES string of the molecule is COc1cc(C)c(S(=O)(=O)N2CCCCC2COCCC(=O)N2CCC(O)(c3ccc(Cl)c(C(F)(F)F)c3)CC2)c(C)c1. The molecule has 1 atom stereocenters. The number of hydrogen-bond acceptors (Lipinski definition) is 6. The zero-order chi connectivity index (χ0) is 31.6. The average molecular weight is 647 g/mol. The number of likely N-dealkylation sites (tertiary alicyclic amines) is 1. The van der Waals surface area contributed by atoms with Gasteiger partial charge in [0, 0.05) is 25.7 Å². The highest BCUT2D eigenvalue weighted by molar-refractivity contribution is 7.89.